The van der Waals surface area contributed by atoms with Gasteiger partial charge in [-0.1, -0.05) is 22.9 Å². The summed E-state index contributed by atoms with van der Waals surface area (Å²) in [6.07, 6.45) is 6.56. The summed E-state index contributed by atoms with van der Waals surface area (Å²) in [6, 6.07) is 9.97. The molecule has 0 spiro atoms. The minimum Gasteiger partial charge on any atom is -0.394 e. The fourth-order valence-electron chi connectivity index (χ4n) is 3.79. The van der Waals surface area contributed by atoms with Gasteiger partial charge in [-0.15, -0.1) is 5.10 Å². The Morgan fingerprint density at radius 3 is 2.75 bits per heavy atom. The van der Waals surface area contributed by atoms with Crippen molar-refractivity contribution in [2.24, 2.45) is 0 Å². The molecular formula is C22H27N5O4S. The largest absolute Gasteiger partial charge is 0.394 e. The number of aromatic nitrogens is 4. The number of rotatable bonds is 8. The van der Waals surface area contributed by atoms with Crippen LogP contribution < -0.4 is 4.72 Å². The van der Waals surface area contributed by atoms with Crippen molar-refractivity contribution in [1.29, 1.82) is 0 Å². The van der Waals surface area contributed by atoms with Gasteiger partial charge in [-0.05, 0) is 50.5 Å². The molecular weight excluding hydrogens is 430 g/mol. The van der Waals surface area contributed by atoms with Crippen LogP contribution in [0.25, 0.3) is 11.3 Å². The summed E-state index contributed by atoms with van der Waals surface area (Å²) in [6.45, 7) is 2.25. The van der Waals surface area contributed by atoms with Crippen molar-refractivity contribution in [2.45, 2.75) is 55.9 Å². The smallest absolute Gasteiger partial charge is 0.240 e. The number of benzene rings is 1. The molecule has 2 aromatic heterocycles. The predicted octanol–water partition coefficient (Wildman–Crippen LogP) is 1.93. The molecule has 3 atom stereocenters. The van der Waals surface area contributed by atoms with Crippen LogP contribution in [-0.2, 0) is 21.3 Å². The maximum atomic E-state index is 12.7. The number of aryl methyl sites for hydroxylation is 2. The fraction of sp³-hybridized carbons (Fsp3) is 0.409. The number of aliphatic hydroxyl groups is 1. The Morgan fingerprint density at radius 1 is 1.22 bits per heavy atom. The molecule has 170 valence electrons. The van der Waals surface area contributed by atoms with Gasteiger partial charge in [-0.3, -0.25) is 9.67 Å². The van der Waals surface area contributed by atoms with Gasteiger partial charge in [0, 0.05) is 24.5 Å². The molecule has 0 aliphatic carbocycles. The number of hydrogen-bond donors (Lipinski definition) is 2. The Labute approximate surface area is 187 Å². The van der Waals surface area contributed by atoms with E-state index < -0.39 is 22.2 Å². The lowest BCUT2D eigenvalue weighted by Crippen LogP contribution is -2.50. The highest BCUT2D eigenvalue weighted by Gasteiger charge is 2.33. The molecule has 9 nitrogen and oxygen atoms in total. The number of ether oxygens (including phenoxy) is 1. The molecule has 1 aliphatic heterocycles. The van der Waals surface area contributed by atoms with Gasteiger partial charge in [0.1, 0.15) is 5.69 Å². The van der Waals surface area contributed by atoms with Gasteiger partial charge >= 0.3 is 0 Å². The van der Waals surface area contributed by atoms with Gasteiger partial charge in [0.25, 0.3) is 0 Å². The van der Waals surface area contributed by atoms with Crippen LogP contribution in [0.3, 0.4) is 0 Å². The lowest BCUT2D eigenvalue weighted by Gasteiger charge is -2.36. The van der Waals surface area contributed by atoms with Crippen molar-refractivity contribution in [1.82, 2.24) is 24.7 Å². The van der Waals surface area contributed by atoms with Gasteiger partial charge in [0.15, 0.2) is 0 Å². The van der Waals surface area contributed by atoms with E-state index in [1.807, 2.05) is 25.3 Å². The van der Waals surface area contributed by atoms with E-state index in [0.29, 0.717) is 25.8 Å². The second kappa shape index (κ2) is 9.86. The van der Waals surface area contributed by atoms with Crippen molar-refractivity contribution < 1.29 is 18.3 Å². The highest BCUT2D eigenvalue weighted by Crippen LogP contribution is 2.24. The van der Waals surface area contributed by atoms with Crippen LogP contribution >= 0.6 is 0 Å². The quantitative estimate of drug-likeness (QED) is 0.530. The Balaban J connectivity index is 1.33. The number of sulfonamides is 1. The van der Waals surface area contributed by atoms with Crippen molar-refractivity contribution in [3.8, 4) is 11.3 Å². The molecule has 0 radical (unpaired) electrons. The Morgan fingerprint density at radius 2 is 2.03 bits per heavy atom. The highest BCUT2D eigenvalue weighted by atomic mass is 32.2. The van der Waals surface area contributed by atoms with Crippen LogP contribution in [-0.4, -0.2) is 58.4 Å². The van der Waals surface area contributed by atoms with Crippen LogP contribution in [0.4, 0.5) is 0 Å². The Bertz CT molecular complexity index is 1120. The minimum atomic E-state index is -3.68. The summed E-state index contributed by atoms with van der Waals surface area (Å²) < 4.78 is 35.9. The van der Waals surface area contributed by atoms with Gasteiger partial charge in [0.2, 0.25) is 10.0 Å². The first kappa shape index (κ1) is 22.5. The normalized spacial score (nSPS) is 21.5. The zero-order valence-electron chi connectivity index (χ0n) is 17.8. The molecule has 0 saturated carbocycles. The number of hydrogen-bond acceptors (Lipinski definition) is 7. The lowest BCUT2D eigenvalue weighted by molar-refractivity contribution is -0.0891. The number of nitrogens with one attached hydrogen (secondary N) is 1. The monoisotopic (exact) mass is 457 g/mol. The zero-order chi connectivity index (χ0) is 22.6. The maximum absolute atomic E-state index is 12.7. The average molecular weight is 458 g/mol. The molecule has 2 N–H and O–H groups in total. The molecule has 3 heterocycles. The zero-order valence-corrected chi connectivity index (χ0v) is 18.6. The van der Waals surface area contributed by atoms with E-state index in [-0.39, 0.29) is 17.6 Å². The summed E-state index contributed by atoms with van der Waals surface area (Å²) in [5.74, 6) is 0. The van der Waals surface area contributed by atoms with E-state index in [2.05, 4.69) is 20.0 Å². The van der Waals surface area contributed by atoms with Crippen molar-refractivity contribution in [3.05, 3.63) is 60.6 Å². The summed E-state index contributed by atoms with van der Waals surface area (Å²) in [4.78, 5) is 4.30. The van der Waals surface area contributed by atoms with Gasteiger partial charge < -0.3 is 9.84 Å². The predicted molar refractivity (Wildman–Crippen MR) is 118 cm³/mol. The van der Waals surface area contributed by atoms with E-state index >= 15 is 0 Å². The molecule has 1 aromatic carbocycles. The number of nitrogens with zero attached hydrogens (tertiary/aromatic N) is 4. The average Bonchev–Trinajstić information content (AvgIpc) is 3.28. The second-order valence-corrected chi connectivity index (χ2v) is 9.71. The lowest BCUT2D eigenvalue weighted by atomic mass is 9.98. The standard InChI is InChI=1S/C22H27N5O4S/c1-16-4-7-19(8-5-16)32(29,30)25-20-9-6-18(31-22(20)15-28)10-12-27-14-21(24-26-27)17-3-2-11-23-13-17/h2-5,7-8,11,13-14,18,20,22,25,28H,6,9-10,12,15H2,1H3/t18-,20+,22+/m0/s1. The van der Waals surface area contributed by atoms with Crippen LogP contribution in [0.15, 0.2) is 59.9 Å². The SMILES string of the molecule is Cc1ccc(S(=O)(=O)N[C@@H]2CC[C@@H](CCn3cc(-c4cccnc4)nn3)O[C@@H]2CO)cc1. The number of aliphatic hydroxyl groups excluding tert-OH is 1. The summed E-state index contributed by atoms with van der Waals surface area (Å²) in [5, 5.41) is 18.1. The summed E-state index contributed by atoms with van der Waals surface area (Å²) in [5.41, 5.74) is 2.64. The van der Waals surface area contributed by atoms with Crippen LogP contribution in [0.5, 0.6) is 0 Å². The summed E-state index contributed by atoms with van der Waals surface area (Å²) >= 11 is 0. The third kappa shape index (κ3) is 5.39. The Hall–Kier alpha value is -2.66. The van der Waals surface area contributed by atoms with Crippen molar-refractivity contribution in [3.63, 3.8) is 0 Å². The molecule has 0 unspecified atom stereocenters. The molecule has 10 heteroatoms. The Kier molecular flexibility index (Phi) is 6.95. The molecule has 1 saturated heterocycles. The fourth-order valence-corrected chi connectivity index (χ4v) is 5.09. The van der Waals surface area contributed by atoms with Gasteiger partial charge in [0.05, 0.1) is 35.9 Å². The topological polar surface area (TPSA) is 119 Å². The van der Waals surface area contributed by atoms with Gasteiger partial charge in [-0.2, -0.15) is 0 Å². The molecule has 1 fully saturated rings. The van der Waals surface area contributed by atoms with E-state index in [4.69, 9.17) is 4.74 Å². The number of pyridine rings is 1. The third-order valence-corrected chi connectivity index (χ3v) is 7.12. The van der Waals surface area contributed by atoms with E-state index in [1.54, 1.807) is 41.3 Å². The first-order chi connectivity index (χ1) is 15.4. The maximum Gasteiger partial charge on any atom is 0.240 e. The molecule has 3 aromatic rings. The van der Waals surface area contributed by atoms with Gasteiger partial charge in [-0.25, -0.2) is 13.1 Å². The van der Waals surface area contributed by atoms with Crippen molar-refractivity contribution in [2.75, 3.05) is 6.61 Å². The van der Waals surface area contributed by atoms with E-state index in [1.165, 1.54) is 0 Å². The molecule has 1 aliphatic rings. The first-order valence-corrected chi connectivity index (χ1v) is 12.1. The van der Waals surface area contributed by atoms with Crippen LogP contribution in [0.1, 0.15) is 24.8 Å². The van der Waals surface area contributed by atoms with Crippen molar-refractivity contribution >= 4 is 10.0 Å². The molecule has 0 bridgehead atoms. The minimum absolute atomic E-state index is 0.0988. The van der Waals surface area contributed by atoms with E-state index in [9.17, 15) is 13.5 Å². The van der Waals surface area contributed by atoms with E-state index in [0.717, 1.165) is 16.8 Å². The molecule has 4 rings (SSSR count). The third-order valence-electron chi connectivity index (χ3n) is 5.61. The second-order valence-electron chi connectivity index (χ2n) is 7.99. The molecule has 0 amide bonds. The summed E-state index contributed by atoms with van der Waals surface area (Å²) in [7, 11) is -3.68. The van der Waals surface area contributed by atoms with Crippen LogP contribution in [0, 0.1) is 6.92 Å². The highest BCUT2D eigenvalue weighted by molar-refractivity contribution is 7.89. The molecule has 32 heavy (non-hydrogen) atoms. The first-order valence-electron chi connectivity index (χ1n) is 10.6. The van der Waals surface area contributed by atoms with Crippen LogP contribution in [0.2, 0.25) is 0 Å².